The van der Waals surface area contributed by atoms with Gasteiger partial charge in [-0.1, -0.05) is 12.1 Å². The molecule has 0 aliphatic carbocycles. The van der Waals surface area contributed by atoms with Crippen LogP contribution in [0.25, 0.3) is 10.9 Å². The number of para-hydroxylation sites is 1. The minimum Gasteiger partial charge on any atom is -0.351 e. The molecule has 0 saturated carbocycles. The molecule has 6 nitrogen and oxygen atoms in total. The first kappa shape index (κ1) is 16.9. The molecule has 4 rings (SSSR count). The zero-order valence-electron chi connectivity index (χ0n) is 14.2. The number of aromatic amines is 1. The average Bonchev–Trinajstić information content (AvgIpc) is 3.33. The quantitative estimate of drug-likeness (QED) is 0.645. The Kier molecular flexibility index (Phi) is 4.81. The van der Waals surface area contributed by atoms with Crippen LogP contribution in [0, 0.1) is 0 Å². The minimum atomic E-state index is -0.149. The van der Waals surface area contributed by atoms with Crippen molar-refractivity contribution >= 4 is 28.1 Å². The predicted octanol–water partition coefficient (Wildman–Crippen LogP) is 2.38. The maximum Gasteiger partial charge on any atom is 0.261 e. The molecule has 0 radical (unpaired) electrons. The number of carbonyl (C=O) groups is 1. The van der Waals surface area contributed by atoms with E-state index in [0.29, 0.717) is 40.6 Å². The number of aromatic nitrogens is 2. The topological polar surface area (TPSA) is 86.9 Å². The lowest BCUT2D eigenvalue weighted by molar-refractivity contribution is 0.0958. The molecular formula is C19H20N4O2S. The van der Waals surface area contributed by atoms with E-state index in [4.69, 9.17) is 0 Å². The van der Waals surface area contributed by atoms with Crippen molar-refractivity contribution in [3.8, 4) is 0 Å². The van der Waals surface area contributed by atoms with E-state index >= 15 is 0 Å². The molecule has 1 saturated heterocycles. The molecule has 2 aromatic heterocycles. The van der Waals surface area contributed by atoms with Gasteiger partial charge in [0.2, 0.25) is 0 Å². The van der Waals surface area contributed by atoms with Gasteiger partial charge in [-0.25, -0.2) is 4.98 Å². The van der Waals surface area contributed by atoms with Crippen molar-refractivity contribution in [2.75, 3.05) is 13.1 Å². The van der Waals surface area contributed by atoms with Crippen LogP contribution in [0.15, 0.2) is 41.2 Å². The third-order valence-corrected chi connectivity index (χ3v) is 5.76. The molecule has 1 aromatic carbocycles. The highest BCUT2D eigenvalue weighted by molar-refractivity contribution is 7.14. The monoisotopic (exact) mass is 368 g/mol. The second-order valence-corrected chi connectivity index (χ2v) is 7.50. The summed E-state index contributed by atoms with van der Waals surface area (Å²) >= 11 is 1.54. The number of hydrogen-bond acceptors (Lipinski definition) is 5. The van der Waals surface area contributed by atoms with Gasteiger partial charge in [-0.05, 0) is 43.7 Å². The van der Waals surface area contributed by atoms with Crippen LogP contribution in [-0.2, 0) is 6.42 Å². The molecule has 1 aliphatic heterocycles. The van der Waals surface area contributed by atoms with Gasteiger partial charge in [-0.15, -0.1) is 11.3 Å². The number of H-pyrrole nitrogens is 1. The molecule has 0 bridgehead atoms. The normalized spacial score (nSPS) is 16.8. The van der Waals surface area contributed by atoms with Gasteiger partial charge < -0.3 is 15.6 Å². The Morgan fingerprint density at radius 1 is 1.27 bits per heavy atom. The molecule has 7 heteroatoms. The average molecular weight is 368 g/mol. The van der Waals surface area contributed by atoms with Gasteiger partial charge in [-0.3, -0.25) is 9.59 Å². The Labute approximate surface area is 154 Å². The molecule has 1 atom stereocenters. The molecular weight excluding hydrogens is 348 g/mol. The molecule has 3 aromatic rings. The van der Waals surface area contributed by atoms with E-state index < -0.39 is 0 Å². The van der Waals surface area contributed by atoms with Crippen LogP contribution in [0.2, 0.25) is 0 Å². The van der Waals surface area contributed by atoms with Crippen molar-refractivity contribution in [1.29, 1.82) is 0 Å². The Hall–Kier alpha value is -2.51. The molecule has 1 fully saturated rings. The van der Waals surface area contributed by atoms with Crippen molar-refractivity contribution in [2.45, 2.75) is 25.3 Å². The zero-order chi connectivity index (χ0) is 17.9. The maximum atomic E-state index is 12.3. The van der Waals surface area contributed by atoms with Crippen molar-refractivity contribution in [2.24, 2.45) is 0 Å². The third kappa shape index (κ3) is 3.54. The molecule has 0 spiro atoms. The second kappa shape index (κ2) is 7.39. The fourth-order valence-electron chi connectivity index (χ4n) is 3.22. The van der Waals surface area contributed by atoms with E-state index in [0.717, 1.165) is 13.0 Å². The Morgan fingerprint density at radius 3 is 3.00 bits per heavy atom. The van der Waals surface area contributed by atoms with E-state index in [-0.39, 0.29) is 11.5 Å². The van der Waals surface area contributed by atoms with Gasteiger partial charge in [0.05, 0.1) is 15.8 Å². The molecule has 26 heavy (non-hydrogen) atoms. The lowest BCUT2D eigenvalue weighted by atomic mass is 10.2. The highest BCUT2D eigenvalue weighted by Crippen LogP contribution is 2.29. The lowest BCUT2D eigenvalue weighted by Crippen LogP contribution is -2.26. The van der Waals surface area contributed by atoms with Crippen molar-refractivity contribution in [3.05, 3.63) is 62.3 Å². The number of rotatable bonds is 5. The van der Waals surface area contributed by atoms with Crippen LogP contribution < -0.4 is 16.2 Å². The van der Waals surface area contributed by atoms with Gasteiger partial charge in [0.1, 0.15) is 5.82 Å². The Morgan fingerprint density at radius 2 is 2.15 bits per heavy atom. The summed E-state index contributed by atoms with van der Waals surface area (Å²) in [4.78, 5) is 33.6. The SMILES string of the molecule is O=C(NCCc1nc2ccccc2c(=O)[nH]1)c1ccc(C2CCCN2)s1. The fraction of sp³-hybridized carbons (Fsp3) is 0.316. The van der Waals surface area contributed by atoms with Gasteiger partial charge in [0.25, 0.3) is 11.5 Å². The van der Waals surface area contributed by atoms with Crippen LogP contribution in [0.1, 0.15) is 39.3 Å². The molecule has 1 aliphatic rings. The van der Waals surface area contributed by atoms with Crippen LogP contribution >= 0.6 is 11.3 Å². The van der Waals surface area contributed by atoms with Crippen molar-refractivity contribution < 1.29 is 4.79 Å². The second-order valence-electron chi connectivity index (χ2n) is 6.39. The minimum absolute atomic E-state index is 0.0811. The molecule has 3 N–H and O–H groups in total. The van der Waals surface area contributed by atoms with E-state index in [1.165, 1.54) is 11.3 Å². The molecule has 3 heterocycles. The number of carbonyl (C=O) groups excluding carboxylic acids is 1. The van der Waals surface area contributed by atoms with Gasteiger partial charge in [0.15, 0.2) is 0 Å². The Balaban J connectivity index is 1.37. The molecule has 1 unspecified atom stereocenters. The van der Waals surface area contributed by atoms with Crippen molar-refractivity contribution in [3.63, 3.8) is 0 Å². The number of thiophene rings is 1. The number of nitrogens with zero attached hydrogens (tertiary/aromatic N) is 1. The van der Waals surface area contributed by atoms with E-state index in [2.05, 4.69) is 20.6 Å². The van der Waals surface area contributed by atoms with E-state index in [9.17, 15) is 9.59 Å². The van der Waals surface area contributed by atoms with Gasteiger partial charge >= 0.3 is 0 Å². The Bertz CT molecular complexity index is 988. The van der Waals surface area contributed by atoms with Crippen molar-refractivity contribution in [1.82, 2.24) is 20.6 Å². The summed E-state index contributed by atoms with van der Waals surface area (Å²) in [5, 5.41) is 6.93. The first-order valence-corrected chi connectivity index (χ1v) is 9.61. The highest BCUT2D eigenvalue weighted by atomic mass is 32.1. The number of benzene rings is 1. The molecule has 1 amide bonds. The first-order valence-electron chi connectivity index (χ1n) is 8.80. The van der Waals surface area contributed by atoms with Crippen LogP contribution in [-0.4, -0.2) is 29.0 Å². The first-order chi connectivity index (χ1) is 12.7. The number of hydrogen-bond donors (Lipinski definition) is 3. The summed E-state index contributed by atoms with van der Waals surface area (Å²) in [5.74, 6) is 0.499. The van der Waals surface area contributed by atoms with Crippen LogP contribution in [0.3, 0.4) is 0 Å². The lowest BCUT2D eigenvalue weighted by Gasteiger charge is -2.06. The summed E-state index contributed by atoms with van der Waals surface area (Å²) in [7, 11) is 0. The summed E-state index contributed by atoms with van der Waals surface area (Å²) in [6.07, 6.45) is 2.79. The fourth-order valence-corrected chi connectivity index (χ4v) is 4.26. The van der Waals surface area contributed by atoms with Gasteiger partial charge in [0, 0.05) is 23.9 Å². The third-order valence-electron chi connectivity index (χ3n) is 4.56. The summed E-state index contributed by atoms with van der Waals surface area (Å²) in [5.41, 5.74) is 0.522. The standard InChI is InChI=1S/C19H20N4O2S/c24-18-12-4-1-2-5-13(12)22-17(23-18)9-11-21-19(25)16-8-7-15(26-16)14-6-3-10-20-14/h1-2,4-5,7-8,14,20H,3,6,9-11H2,(H,21,25)(H,22,23,24). The van der Waals surface area contributed by atoms with Gasteiger partial charge in [-0.2, -0.15) is 0 Å². The summed E-state index contributed by atoms with van der Waals surface area (Å²) in [6.45, 7) is 1.47. The number of fused-ring (bicyclic) bond motifs is 1. The van der Waals surface area contributed by atoms with E-state index in [1.54, 1.807) is 17.4 Å². The highest BCUT2D eigenvalue weighted by Gasteiger charge is 2.19. The summed E-state index contributed by atoms with van der Waals surface area (Å²) < 4.78 is 0. The maximum absolute atomic E-state index is 12.3. The molecule has 134 valence electrons. The largest absolute Gasteiger partial charge is 0.351 e. The zero-order valence-corrected chi connectivity index (χ0v) is 15.1. The summed E-state index contributed by atoms with van der Waals surface area (Å²) in [6, 6.07) is 11.5. The van der Waals surface area contributed by atoms with Crippen LogP contribution in [0.4, 0.5) is 0 Å². The predicted molar refractivity (Wildman–Crippen MR) is 103 cm³/mol. The number of nitrogens with one attached hydrogen (secondary N) is 3. The number of amides is 1. The van der Waals surface area contributed by atoms with Crippen LogP contribution in [0.5, 0.6) is 0 Å². The smallest absolute Gasteiger partial charge is 0.261 e. The van der Waals surface area contributed by atoms with E-state index in [1.807, 2.05) is 30.3 Å².